The third-order valence-corrected chi connectivity index (χ3v) is 6.77. The van der Waals surface area contributed by atoms with Crippen LogP contribution in [0, 0.1) is 23.2 Å². The van der Waals surface area contributed by atoms with Gasteiger partial charge in [0, 0.05) is 12.5 Å². The average molecular weight is 337 g/mol. The third-order valence-electron chi connectivity index (χ3n) is 6.77. The van der Waals surface area contributed by atoms with Crippen molar-refractivity contribution < 1.29 is 19.7 Å². The minimum Gasteiger partial charge on any atom is -0.462 e. The number of nitrogens with one attached hydrogen (secondary N) is 1. The van der Waals surface area contributed by atoms with E-state index in [9.17, 15) is 15.0 Å². The molecule has 24 heavy (non-hydrogen) atoms. The van der Waals surface area contributed by atoms with Gasteiger partial charge in [-0.3, -0.25) is 4.79 Å². The molecule has 2 saturated carbocycles. The highest BCUT2D eigenvalue weighted by atomic mass is 16.6. The van der Waals surface area contributed by atoms with E-state index in [1.807, 2.05) is 0 Å². The number of rotatable bonds is 5. The number of hydrogen-bond acceptors (Lipinski definition) is 5. The number of allylic oxidation sites excluding steroid dienone is 1. The summed E-state index contributed by atoms with van der Waals surface area (Å²) in [5, 5.41) is 22.0. The summed E-state index contributed by atoms with van der Waals surface area (Å²) < 4.78 is 5.73. The Morgan fingerprint density at radius 2 is 2.12 bits per heavy atom. The highest BCUT2D eigenvalue weighted by Gasteiger charge is 2.55. The van der Waals surface area contributed by atoms with E-state index in [4.69, 9.17) is 4.74 Å². The van der Waals surface area contributed by atoms with Gasteiger partial charge < -0.3 is 20.3 Å². The standard InChI is InChI=1S/C19H31NO4/c1-12-5-4-6-18(2)8-16-13(7-15(12)18)14(17(23)24-16)9-20-19(3,10-21)11-22/h13-16,20-22H,1,4-11H2,2-3H3/t13-,14+,15-,16-,18-/m1/s1. The van der Waals surface area contributed by atoms with Gasteiger partial charge in [-0.2, -0.15) is 0 Å². The molecule has 0 radical (unpaired) electrons. The second-order valence-corrected chi connectivity index (χ2v) is 8.66. The molecule has 1 saturated heterocycles. The lowest BCUT2D eigenvalue weighted by Gasteiger charge is -2.50. The predicted octanol–water partition coefficient (Wildman–Crippen LogP) is 1.63. The topological polar surface area (TPSA) is 78.8 Å². The van der Waals surface area contributed by atoms with E-state index in [1.54, 1.807) is 6.92 Å². The number of aliphatic hydroxyl groups is 2. The fraction of sp³-hybridized carbons (Fsp3) is 0.842. The van der Waals surface area contributed by atoms with Crippen LogP contribution in [0.5, 0.6) is 0 Å². The second kappa shape index (κ2) is 6.43. The lowest BCUT2D eigenvalue weighted by Crippen LogP contribution is -2.52. The zero-order valence-corrected chi connectivity index (χ0v) is 14.9. The lowest BCUT2D eigenvalue weighted by atomic mass is 9.55. The summed E-state index contributed by atoms with van der Waals surface area (Å²) in [5.41, 5.74) is 0.781. The molecule has 0 bridgehead atoms. The number of carbonyl (C=O) groups excluding carboxylic acids is 1. The zero-order chi connectivity index (χ0) is 17.5. The molecule has 5 heteroatoms. The van der Waals surface area contributed by atoms with Crippen LogP contribution < -0.4 is 5.32 Å². The molecule has 0 unspecified atom stereocenters. The van der Waals surface area contributed by atoms with Crippen molar-refractivity contribution in [2.24, 2.45) is 23.2 Å². The summed E-state index contributed by atoms with van der Waals surface area (Å²) in [6.45, 7) is 8.49. The van der Waals surface area contributed by atoms with Crippen LogP contribution in [0.1, 0.15) is 46.0 Å². The number of fused-ring (bicyclic) bond motifs is 2. The van der Waals surface area contributed by atoms with Gasteiger partial charge in [0.15, 0.2) is 0 Å². The summed E-state index contributed by atoms with van der Waals surface area (Å²) in [6, 6.07) is 0. The van der Waals surface area contributed by atoms with Crippen LogP contribution in [-0.2, 0) is 9.53 Å². The van der Waals surface area contributed by atoms with Crippen LogP contribution >= 0.6 is 0 Å². The van der Waals surface area contributed by atoms with Crippen molar-refractivity contribution in [2.45, 2.75) is 57.6 Å². The maximum absolute atomic E-state index is 12.4. The average Bonchev–Trinajstić information content (AvgIpc) is 2.84. The van der Waals surface area contributed by atoms with Gasteiger partial charge in [0.2, 0.25) is 0 Å². The molecule has 0 aromatic heterocycles. The summed E-state index contributed by atoms with van der Waals surface area (Å²) in [5.74, 6) is 0.349. The second-order valence-electron chi connectivity index (χ2n) is 8.66. The maximum Gasteiger partial charge on any atom is 0.310 e. The van der Waals surface area contributed by atoms with E-state index in [-0.39, 0.29) is 42.5 Å². The molecule has 136 valence electrons. The van der Waals surface area contributed by atoms with Gasteiger partial charge in [-0.25, -0.2) is 0 Å². The molecule has 5 atom stereocenters. The molecular weight excluding hydrogens is 306 g/mol. The quantitative estimate of drug-likeness (QED) is 0.525. The number of ether oxygens (including phenoxy) is 1. The molecule has 0 aromatic rings. The fourth-order valence-corrected chi connectivity index (χ4v) is 5.01. The molecule has 1 aliphatic heterocycles. The van der Waals surface area contributed by atoms with E-state index < -0.39 is 5.54 Å². The Hall–Kier alpha value is -0.910. The van der Waals surface area contributed by atoms with Crippen molar-refractivity contribution in [1.29, 1.82) is 0 Å². The third kappa shape index (κ3) is 3.02. The fourth-order valence-electron chi connectivity index (χ4n) is 5.01. The van der Waals surface area contributed by atoms with E-state index in [2.05, 4.69) is 18.8 Å². The van der Waals surface area contributed by atoms with E-state index >= 15 is 0 Å². The normalized spacial score (nSPS) is 39.3. The van der Waals surface area contributed by atoms with E-state index in [0.717, 1.165) is 19.3 Å². The van der Waals surface area contributed by atoms with Crippen LogP contribution in [0.25, 0.3) is 0 Å². The maximum atomic E-state index is 12.4. The van der Waals surface area contributed by atoms with Crippen LogP contribution in [-0.4, -0.2) is 47.6 Å². The van der Waals surface area contributed by atoms with Gasteiger partial charge in [0.1, 0.15) is 6.10 Å². The van der Waals surface area contributed by atoms with Crippen molar-refractivity contribution in [3.05, 3.63) is 12.2 Å². The monoisotopic (exact) mass is 337 g/mol. The Morgan fingerprint density at radius 1 is 1.42 bits per heavy atom. The van der Waals surface area contributed by atoms with Gasteiger partial charge in [0.25, 0.3) is 0 Å². The number of carbonyl (C=O) groups is 1. The minimum absolute atomic E-state index is 0.00552. The highest BCUT2D eigenvalue weighted by Crippen LogP contribution is 2.56. The molecule has 1 heterocycles. The molecule has 3 rings (SSSR count). The molecule has 0 spiro atoms. The number of esters is 1. The molecule has 0 aromatic carbocycles. The summed E-state index contributed by atoms with van der Waals surface area (Å²) >= 11 is 0. The van der Waals surface area contributed by atoms with Gasteiger partial charge in [-0.15, -0.1) is 0 Å². The highest BCUT2D eigenvalue weighted by molar-refractivity contribution is 5.75. The van der Waals surface area contributed by atoms with Crippen molar-refractivity contribution in [2.75, 3.05) is 19.8 Å². The molecule has 2 aliphatic carbocycles. The Kier molecular flexibility index (Phi) is 4.80. The van der Waals surface area contributed by atoms with E-state index in [0.29, 0.717) is 12.5 Å². The first kappa shape index (κ1) is 17.9. The van der Waals surface area contributed by atoms with Crippen molar-refractivity contribution in [3.8, 4) is 0 Å². The molecule has 0 amide bonds. The van der Waals surface area contributed by atoms with Crippen molar-refractivity contribution >= 4 is 5.97 Å². The molecular formula is C19H31NO4. The summed E-state index contributed by atoms with van der Waals surface area (Å²) in [6.07, 6.45) is 5.38. The molecule has 3 fully saturated rings. The van der Waals surface area contributed by atoms with Gasteiger partial charge in [0.05, 0.1) is 24.7 Å². The SMILES string of the molecule is C=C1CCC[C@]2(C)C[C@H]3OC(=O)[C@@H](CNC(C)(CO)CO)[C@H]3C[C@H]12. The van der Waals surface area contributed by atoms with Crippen LogP contribution in [0.3, 0.4) is 0 Å². The van der Waals surface area contributed by atoms with Gasteiger partial charge >= 0.3 is 5.97 Å². The smallest absolute Gasteiger partial charge is 0.310 e. The summed E-state index contributed by atoms with van der Waals surface area (Å²) in [7, 11) is 0. The zero-order valence-electron chi connectivity index (χ0n) is 14.9. The number of hydrogen-bond donors (Lipinski definition) is 3. The molecule has 3 N–H and O–H groups in total. The first-order valence-electron chi connectivity index (χ1n) is 9.17. The van der Waals surface area contributed by atoms with Crippen molar-refractivity contribution in [3.63, 3.8) is 0 Å². The Bertz CT molecular complexity index is 515. The Balaban J connectivity index is 1.72. The Labute approximate surface area is 144 Å². The van der Waals surface area contributed by atoms with Crippen LogP contribution in [0.4, 0.5) is 0 Å². The number of aliphatic hydroxyl groups excluding tert-OH is 2. The van der Waals surface area contributed by atoms with E-state index in [1.165, 1.54) is 18.4 Å². The largest absolute Gasteiger partial charge is 0.462 e. The summed E-state index contributed by atoms with van der Waals surface area (Å²) in [4.78, 5) is 12.4. The van der Waals surface area contributed by atoms with Crippen molar-refractivity contribution in [1.82, 2.24) is 5.32 Å². The van der Waals surface area contributed by atoms with Crippen LogP contribution in [0.15, 0.2) is 12.2 Å². The Morgan fingerprint density at radius 3 is 2.79 bits per heavy atom. The first-order chi connectivity index (χ1) is 11.3. The van der Waals surface area contributed by atoms with Gasteiger partial charge in [-0.1, -0.05) is 19.1 Å². The van der Waals surface area contributed by atoms with Gasteiger partial charge in [-0.05, 0) is 50.4 Å². The molecule has 3 aliphatic rings. The molecule has 5 nitrogen and oxygen atoms in total. The predicted molar refractivity (Wildman–Crippen MR) is 91.3 cm³/mol. The minimum atomic E-state index is -0.768. The first-order valence-corrected chi connectivity index (χ1v) is 9.17. The lowest BCUT2D eigenvalue weighted by molar-refractivity contribution is -0.146. The van der Waals surface area contributed by atoms with Crippen LogP contribution in [0.2, 0.25) is 0 Å².